The summed E-state index contributed by atoms with van der Waals surface area (Å²) in [6, 6.07) is 0. The average Bonchev–Trinajstić information content (AvgIpc) is 2.85. The van der Waals surface area contributed by atoms with Crippen molar-refractivity contribution in [3.05, 3.63) is 0 Å². The molecule has 0 radical (unpaired) electrons. The third-order valence-corrected chi connectivity index (χ3v) is 6.36. The van der Waals surface area contributed by atoms with Crippen LogP contribution in [0, 0.1) is 11.8 Å². The second-order valence-electron chi connectivity index (χ2n) is 9.85. The van der Waals surface area contributed by atoms with Crippen LogP contribution in [0.15, 0.2) is 0 Å². The topological polar surface area (TPSA) is 52.6 Å². The van der Waals surface area contributed by atoms with Gasteiger partial charge in [0.05, 0.1) is 6.61 Å². The van der Waals surface area contributed by atoms with Gasteiger partial charge in [-0.3, -0.25) is 9.59 Å². The molecule has 0 amide bonds. The lowest BCUT2D eigenvalue weighted by Crippen LogP contribution is -2.17. The van der Waals surface area contributed by atoms with Crippen molar-refractivity contribution in [1.82, 2.24) is 0 Å². The first-order chi connectivity index (χ1) is 17.1. The van der Waals surface area contributed by atoms with Crippen molar-refractivity contribution in [3.63, 3.8) is 0 Å². The Morgan fingerprint density at radius 1 is 0.600 bits per heavy atom. The summed E-state index contributed by atoms with van der Waals surface area (Å²) in [4.78, 5) is 23.8. The van der Waals surface area contributed by atoms with Gasteiger partial charge in [0.25, 0.3) is 0 Å². The fourth-order valence-electron chi connectivity index (χ4n) is 4.02. The van der Waals surface area contributed by atoms with Crippen LogP contribution in [0.5, 0.6) is 0 Å². The quantitative estimate of drug-likeness (QED) is 0.0766. The van der Waals surface area contributed by atoms with Crippen LogP contribution in [-0.4, -0.2) is 24.6 Å². The van der Waals surface area contributed by atoms with E-state index >= 15 is 0 Å². The second-order valence-corrected chi connectivity index (χ2v) is 9.85. The molecule has 1 atom stereocenters. The Kier molecular flexibility index (Phi) is 25.9. The van der Waals surface area contributed by atoms with E-state index < -0.39 is 0 Å². The summed E-state index contributed by atoms with van der Waals surface area (Å²) in [7, 11) is 0. The number of rotatable bonds is 24. The summed E-state index contributed by atoms with van der Waals surface area (Å²) in [5.74, 6) is 5.71. The van der Waals surface area contributed by atoms with Crippen molar-refractivity contribution in [2.45, 2.75) is 168 Å². The third-order valence-electron chi connectivity index (χ3n) is 6.36. The van der Waals surface area contributed by atoms with E-state index in [9.17, 15) is 9.59 Å². The molecule has 0 aromatic rings. The number of esters is 2. The fraction of sp³-hybridized carbons (Fsp3) is 0.871. The number of carbonyl (C=O) groups excluding carboxylic acids is 2. The van der Waals surface area contributed by atoms with E-state index in [-0.39, 0.29) is 30.9 Å². The van der Waals surface area contributed by atoms with Crippen LogP contribution in [-0.2, 0) is 19.1 Å². The molecule has 0 aromatic heterocycles. The lowest BCUT2D eigenvalue weighted by atomic mass is 10.0. The maximum atomic E-state index is 12.0. The minimum Gasteiger partial charge on any atom is -0.466 e. The molecular weight excluding hydrogens is 436 g/mol. The molecule has 0 aliphatic rings. The Morgan fingerprint density at radius 3 is 1.63 bits per heavy atom. The van der Waals surface area contributed by atoms with Crippen LogP contribution < -0.4 is 0 Å². The predicted molar refractivity (Wildman–Crippen MR) is 147 cm³/mol. The first-order valence-corrected chi connectivity index (χ1v) is 14.9. The van der Waals surface area contributed by atoms with Gasteiger partial charge in [0.15, 0.2) is 0 Å². The van der Waals surface area contributed by atoms with Gasteiger partial charge >= 0.3 is 11.9 Å². The van der Waals surface area contributed by atoms with Crippen molar-refractivity contribution >= 4 is 11.9 Å². The van der Waals surface area contributed by atoms with Gasteiger partial charge < -0.3 is 9.47 Å². The summed E-state index contributed by atoms with van der Waals surface area (Å²) >= 11 is 0. The van der Waals surface area contributed by atoms with Gasteiger partial charge in [-0.15, -0.1) is 5.92 Å². The van der Waals surface area contributed by atoms with Crippen molar-refractivity contribution in [2.24, 2.45) is 0 Å². The molecular formula is C31H56O4. The zero-order valence-corrected chi connectivity index (χ0v) is 23.5. The van der Waals surface area contributed by atoms with Crippen molar-refractivity contribution in [2.75, 3.05) is 6.61 Å². The van der Waals surface area contributed by atoms with Crippen molar-refractivity contribution in [1.29, 1.82) is 0 Å². The highest BCUT2D eigenvalue weighted by Gasteiger charge is 2.12. The first-order valence-electron chi connectivity index (χ1n) is 14.9. The highest BCUT2D eigenvalue weighted by Crippen LogP contribution is 2.13. The molecule has 204 valence electrons. The molecule has 0 rings (SSSR count). The van der Waals surface area contributed by atoms with Gasteiger partial charge in [0.1, 0.15) is 6.10 Å². The first kappa shape index (κ1) is 33.5. The molecule has 0 fully saturated rings. The van der Waals surface area contributed by atoms with Crippen LogP contribution in [0.4, 0.5) is 0 Å². The molecule has 4 nitrogen and oxygen atoms in total. The molecule has 1 unspecified atom stereocenters. The van der Waals surface area contributed by atoms with Crippen molar-refractivity contribution in [3.8, 4) is 11.8 Å². The number of hydrogen-bond acceptors (Lipinski definition) is 4. The van der Waals surface area contributed by atoms with Crippen LogP contribution in [0.25, 0.3) is 0 Å². The molecule has 0 bridgehead atoms. The third kappa shape index (κ3) is 25.4. The maximum Gasteiger partial charge on any atom is 0.306 e. The molecule has 0 saturated heterocycles. The summed E-state index contributed by atoms with van der Waals surface area (Å²) in [5.41, 5.74) is 0. The van der Waals surface area contributed by atoms with E-state index in [1.807, 2.05) is 6.92 Å². The molecule has 35 heavy (non-hydrogen) atoms. The number of ether oxygens (including phenoxy) is 2. The summed E-state index contributed by atoms with van der Waals surface area (Å²) in [5, 5.41) is 0. The minimum atomic E-state index is -0.246. The van der Waals surface area contributed by atoms with Crippen LogP contribution >= 0.6 is 0 Å². The zero-order chi connectivity index (χ0) is 25.8. The van der Waals surface area contributed by atoms with Gasteiger partial charge in [0, 0.05) is 25.7 Å². The molecule has 0 aliphatic carbocycles. The zero-order valence-electron chi connectivity index (χ0n) is 23.5. The average molecular weight is 493 g/mol. The van der Waals surface area contributed by atoms with E-state index in [0.29, 0.717) is 19.4 Å². The molecule has 0 N–H and O–H groups in total. The maximum absolute atomic E-state index is 12.0. The van der Waals surface area contributed by atoms with Gasteiger partial charge in [-0.05, 0) is 25.7 Å². The van der Waals surface area contributed by atoms with Crippen LogP contribution in [0.3, 0.4) is 0 Å². The van der Waals surface area contributed by atoms with Crippen molar-refractivity contribution < 1.29 is 19.1 Å². The van der Waals surface area contributed by atoms with E-state index in [2.05, 4.69) is 25.7 Å². The molecule has 0 heterocycles. The summed E-state index contributed by atoms with van der Waals surface area (Å²) < 4.78 is 10.8. The summed E-state index contributed by atoms with van der Waals surface area (Å²) in [6.07, 6.45) is 24.0. The molecule has 0 aromatic carbocycles. The molecule has 4 heteroatoms. The molecule has 0 saturated carbocycles. The highest BCUT2D eigenvalue weighted by atomic mass is 16.5. The fourth-order valence-corrected chi connectivity index (χ4v) is 4.02. The van der Waals surface area contributed by atoms with Gasteiger partial charge in [-0.1, -0.05) is 117 Å². The van der Waals surface area contributed by atoms with Gasteiger partial charge in [-0.25, -0.2) is 0 Å². The Balaban J connectivity index is 3.46. The monoisotopic (exact) mass is 492 g/mol. The van der Waals surface area contributed by atoms with Crippen LogP contribution in [0.2, 0.25) is 0 Å². The molecule has 0 spiro atoms. The highest BCUT2D eigenvalue weighted by molar-refractivity contribution is 5.72. The smallest absolute Gasteiger partial charge is 0.306 e. The standard InChI is InChI=1S/C31H56O4/c1-4-7-9-11-12-13-14-15-16-17-18-19-20-21-23-28-34-30(32)26-24-27-31(33)35-29(6-3)25-22-10-8-5-2/h29H,4-9,11-21,23-28H2,1-3H3. The number of unbranched alkanes of at least 4 members (excludes halogenated alkanes) is 15. The predicted octanol–water partition coefficient (Wildman–Crippen LogP) is 9.09. The van der Waals surface area contributed by atoms with Crippen LogP contribution in [0.1, 0.15) is 162 Å². The second kappa shape index (κ2) is 27.1. The largest absolute Gasteiger partial charge is 0.466 e. The minimum absolute atomic E-state index is 0.149. The Labute approximate surface area is 217 Å². The Bertz CT molecular complexity index is 546. The lowest BCUT2D eigenvalue weighted by Gasteiger charge is -2.13. The normalized spacial score (nSPS) is 11.5. The van der Waals surface area contributed by atoms with Gasteiger partial charge in [0.2, 0.25) is 0 Å². The van der Waals surface area contributed by atoms with E-state index in [1.165, 1.54) is 83.5 Å². The summed E-state index contributed by atoms with van der Waals surface area (Å²) in [6.45, 7) is 6.86. The lowest BCUT2D eigenvalue weighted by molar-refractivity contribution is -0.149. The molecule has 0 aliphatic heterocycles. The number of carbonyl (C=O) groups is 2. The van der Waals surface area contributed by atoms with Gasteiger partial charge in [-0.2, -0.15) is 0 Å². The Hall–Kier alpha value is -1.50. The number of hydrogen-bond donors (Lipinski definition) is 0. The van der Waals surface area contributed by atoms with E-state index in [1.54, 1.807) is 0 Å². The SMILES string of the molecule is CCCC#CCC(CC)OC(=O)CCCC(=O)OCCCCCCCCCCCCCCCCC. The van der Waals surface area contributed by atoms with E-state index in [0.717, 1.165) is 32.1 Å². The van der Waals surface area contributed by atoms with E-state index in [4.69, 9.17) is 9.47 Å². The Morgan fingerprint density at radius 2 is 1.11 bits per heavy atom.